The molecule has 294 valence electrons. The zero-order chi connectivity index (χ0) is 41.5. The van der Waals surface area contributed by atoms with Crippen LogP contribution in [0.15, 0.2) is 188 Å². The number of benzene rings is 8. The molecule has 0 spiro atoms. The van der Waals surface area contributed by atoms with Crippen molar-refractivity contribution in [1.29, 1.82) is 0 Å². The lowest BCUT2D eigenvalue weighted by Crippen LogP contribution is -2.15. The van der Waals surface area contributed by atoms with Crippen LogP contribution in [-0.2, 0) is 10.8 Å². The maximum absolute atomic E-state index is 4.87. The van der Waals surface area contributed by atoms with E-state index in [1.165, 1.54) is 110 Å². The van der Waals surface area contributed by atoms with Gasteiger partial charge in [0.2, 0.25) is 0 Å². The number of rotatable bonds is 4. The Balaban J connectivity index is 0.905. The Morgan fingerprint density at radius 2 is 0.823 bits per heavy atom. The number of nitrogens with zero attached hydrogens (tertiary/aromatic N) is 3. The number of hydrogen-bond donors (Lipinski definition) is 0. The van der Waals surface area contributed by atoms with Gasteiger partial charge < -0.3 is 9.13 Å². The summed E-state index contributed by atoms with van der Waals surface area (Å²) in [6.07, 6.45) is 1.92. The second kappa shape index (κ2) is 12.5. The summed E-state index contributed by atoms with van der Waals surface area (Å²) >= 11 is 0. The van der Waals surface area contributed by atoms with Gasteiger partial charge in [0.15, 0.2) is 0 Å². The van der Waals surface area contributed by atoms with Gasteiger partial charge in [0, 0.05) is 55.5 Å². The molecule has 0 amide bonds. The first-order valence-corrected chi connectivity index (χ1v) is 21.8. The molecule has 11 aromatic rings. The highest BCUT2D eigenvalue weighted by Gasteiger charge is 2.37. The molecule has 8 aromatic carbocycles. The Morgan fingerprint density at radius 3 is 1.47 bits per heavy atom. The van der Waals surface area contributed by atoms with Gasteiger partial charge in [0.05, 0.1) is 27.8 Å². The fourth-order valence-electron chi connectivity index (χ4n) is 11.3. The molecule has 0 radical (unpaired) electrons. The van der Waals surface area contributed by atoms with E-state index in [1.807, 2.05) is 6.20 Å². The van der Waals surface area contributed by atoms with Crippen LogP contribution >= 0.6 is 0 Å². The van der Waals surface area contributed by atoms with Gasteiger partial charge in [0.25, 0.3) is 0 Å². The standard InChI is InChI=1S/C59H43N3/c1-58(2)49-18-8-5-15-42(49)45-34-40(24-26-50(45)58)61-53-20-9-6-16-43(53)46-32-38(22-28-55(46)61)36-13-11-14-37(31-36)39-23-29-56-47(33-39)44-17-7-10-21-54(44)62(56)41-25-27-51-48(35-41)57-52(59(51,3)4)19-12-30-60-57/h5-35H,1-4H3. The Bertz CT molecular complexity index is 3460. The first-order chi connectivity index (χ1) is 30.3. The van der Waals surface area contributed by atoms with E-state index in [4.69, 9.17) is 4.98 Å². The lowest BCUT2D eigenvalue weighted by molar-refractivity contribution is 0.659. The lowest BCUT2D eigenvalue weighted by atomic mass is 9.82. The number of fused-ring (bicyclic) bond motifs is 12. The molecular weight excluding hydrogens is 751 g/mol. The van der Waals surface area contributed by atoms with Crippen molar-refractivity contribution < 1.29 is 0 Å². The summed E-state index contributed by atoms with van der Waals surface area (Å²) in [5.74, 6) is 0. The molecule has 2 aliphatic carbocycles. The predicted octanol–water partition coefficient (Wildman–Crippen LogP) is 15.2. The van der Waals surface area contributed by atoms with Crippen molar-refractivity contribution >= 4 is 43.6 Å². The highest BCUT2D eigenvalue weighted by atomic mass is 15.0. The van der Waals surface area contributed by atoms with Gasteiger partial charge in [-0.25, -0.2) is 0 Å². The van der Waals surface area contributed by atoms with Gasteiger partial charge in [-0.3, -0.25) is 4.98 Å². The molecule has 2 aliphatic rings. The molecule has 0 N–H and O–H groups in total. The molecule has 62 heavy (non-hydrogen) atoms. The monoisotopic (exact) mass is 793 g/mol. The summed E-state index contributed by atoms with van der Waals surface area (Å²) < 4.78 is 4.87. The van der Waals surface area contributed by atoms with E-state index in [0.717, 1.165) is 11.4 Å². The summed E-state index contributed by atoms with van der Waals surface area (Å²) in [4.78, 5) is 4.87. The summed E-state index contributed by atoms with van der Waals surface area (Å²) in [5.41, 5.74) is 22.3. The highest BCUT2D eigenvalue weighted by Crippen LogP contribution is 2.51. The maximum Gasteiger partial charge on any atom is 0.0746 e. The van der Waals surface area contributed by atoms with Crippen LogP contribution in [0, 0.1) is 0 Å². The number of hydrogen-bond acceptors (Lipinski definition) is 1. The van der Waals surface area contributed by atoms with Gasteiger partial charge in [-0.15, -0.1) is 0 Å². The molecule has 0 aliphatic heterocycles. The fourth-order valence-corrected chi connectivity index (χ4v) is 11.3. The van der Waals surface area contributed by atoms with E-state index in [2.05, 4.69) is 219 Å². The zero-order valence-electron chi connectivity index (χ0n) is 35.2. The molecule has 3 heteroatoms. The first-order valence-electron chi connectivity index (χ1n) is 21.8. The average molecular weight is 794 g/mol. The van der Waals surface area contributed by atoms with Crippen molar-refractivity contribution in [1.82, 2.24) is 14.1 Å². The summed E-state index contributed by atoms with van der Waals surface area (Å²) in [6.45, 7) is 9.31. The van der Waals surface area contributed by atoms with Gasteiger partial charge in [-0.2, -0.15) is 0 Å². The minimum absolute atomic E-state index is 0.0223. The Kier molecular flexibility index (Phi) is 7.13. The molecule has 3 aromatic heterocycles. The summed E-state index contributed by atoms with van der Waals surface area (Å²) in [6, 6.07) is 67.9. The van der Waals surface area contributed by atoms with Gasteiger partial charge in [0.1, 0.15) is 0 Å². The molecular formula is C59H43N3. The van der Waals surface area contributed by atoms with Crippen LogP contribution < -0.4 is 0 Å². The zero-order valence-corrected chi connectivity index (χ0v) is 35.2. The van der Waals surface area contributed by atoms with Crippen LogP contribution in [0.1, 0.15) is 49.9 Å². The normalized spacial score (nSPS) is 14.4. The molecule has 0 saturated heterocycles. The SMILES string of the molecule is CC1(C)c2ccccc2-c2cc(-n3c4ccccc4c4cc(-c5cccc(-c6ccc7c(c6)c6ccccc6n7-c6ccc7c(c6)-c6ncccc6C7(C)C)c5)ccc43)ccc21. The van der Waals surface area contributed by atoms with Crippen molar-refractivity contribution in [3.63, 3.8) is 0 Å². The van der Waals surface area contributed by atoms with Crippen molar-refractivity contribution in [3.8, 4) is 56.0 Å². The molecule has 0 atom stereocenters. The van der Waals surface area contributed by atoms with E-state index in [0.29, 0.717) is 0 Å². The number of para-hydroxylation sites is 2. The predicted molar refractivity (Wildman–Crippen MR) is 259 cm³/mol. The van der Waals surface area contributed by atoms with Crippen LogP contribution in [0.25, 0.3) is 99.6 Å². The van der Waals surface area contributed by atoms with Crippen LogP contribution in [0.4, 0.5) is 0 Å². The van der Waals surface area contributed by atoms with E-state index >= 15 is 0 Å². The molecule has 3 heterocycles. The van der Waals surface area contributed by atoms with Crippen molar-refractivity contribution in [2.24, 2.45) is 0 Å². The van der Waals surface area contributed by atoms with Crippen molar-refractivity contribution in [2.45, 2.75) is 38.5 Å². The Labute approximate surface area is 361 Å². The van der Waals surface area contributed by atoms with Gasteiger partial charge >= 0.3 is 0 Å². The van der Waals surface area contributed by atoms with Crippen LogP contribution in [0.5, 0.6) is 0 Å². The first kappa shape index (κ1) is 35.3. The topological polar surface area (TPSA) is 22.8 Å². The van der Waals surface area contributed by atoms with Crippen LogP contribution in [-0.4, -0.2) is 14.1 Å². The number of pyridine rings is 1. The molecule has 0 fully saturated rings. The minimum Gasteiger partial charge on any atom is -0.309 e. The molecule has 3 nitrogen and oxygen atoms in total. The molecule has 0 saturated carbocycles. The van der Waals surface area contributed by atoms with Gasteiger partial charge in [-0.05, 0) is 128 Å². The third-order valence-corrected chi connectivity index (χ3v) is 14.4. The minimum atomic E-state index is -0.0829. The Hall–Kier alpha value is -7.49. The second-order valence-corrected chi connectivity index (χ2v) is 18.4. The number of aromatic nitrogens is 3. The van der Waals surface area contributed by atoms with Crippen LogP contribution in [0.2, 0.25) is 0 Å². The Morgan fingerprint density at radius 1 is 0.339 bits per heavy atom. The molecule has 0 bridgehead atoms. The quantitative estimate of drug-likeness (QED) is 0.174. The van der Waals surface area contributed by atoms with Crippen molar-refractivity contribution in [3.05, 3.63) is 210 Å². The second-order valence-electron chi connectivity index (χ2n) is 18.4. The lowest BCUT2D eigenvalue weighted by Gasteiger charge is -2.21. The third kappa shape index (κ3) is 4.79. The van der Waals surface area contributed by atoms with E-state index in [1.54, 1.807) is 0 Å². The maximum atomic E-state index is 4.87. The largest absolute Gasteiger partial charge is 0.309 e. The van der Waals surface area contributed by atoms with Gasteiger partial charge in [-0.1, -0.05) is 137 Å². The smallest absolute Gasteiger partial charge is 0.0746 e. The highest BCUT2D eigenvalue weighted by molar-refractivity contribution is 6.12. The average Bonchev–Trinajstić information content (AvgIpc) is 3.97. The molecule has 13 rings (SSSR count). The molecule has 0 unspecified atom stereocenters. The van der Waals surface area contributed by atoms with E-state index < -0.39 is 0 Å². The van der Waals surface area contributed by atoms with E-state index in [-0.39, 0.29) is 10.8 Å². The summed E-state index contributed by atoms with van der Waals surface area (Å²) in [7, 11) is 0. The summed E-state index contributed by atoms with van der Waals surface area (Å²) in [5, 5.41) is 5.01. The van der Waals surface area contributed by atoms with E-state index in [9.17, 15) is 0 Å². The van der Waals surface area contributed by atoms with Crippen molar-refractivity contribution in [2.75, 3.05) is 0 Å². The third-order valence-electron chi connectivity index (χ3n) is 14.4. The fraction of sp³-hybridized carbons (Fsp3) is 0.102. The van der Waals surface area contributed by atoms with Crippen LogP contribution in [0.3, 0.4) is 0 Å².